The molecule has 0 bridgehead atoms. The van der Waals surface area contributed by atoms with Crippen molar-refractivity contribution in [2.75, 3.05) is 0 Å². The van der Waals surface area contributed by atoms with Crippen molar-refractivity contribution >= 4 is 32.3 Å². The Kier molecular flexibility index (Phi) is 6.19. The van der Waals surface area contributed by atoms with Gasteiger partial charge in [0, 0.05) is 17.0 Å². The minimum Gasteiger partial charge on any atom is -0.455 e. The van der Waals surface area contributed by atoms with Gasteiger partial charge in [0.25, 0.3) is 0 Å². The normalized spacial score (nSPS) is 15.6. The second-order valence-electron chi connectivity index (χ2n) is 14.4. The molecule has 1 aliphatic carbocycles. The van der Waals surface area contributed by atoms with Crippen LogP contribution in [0.1, 0.15) is 101 Å². The van der Waals surface area contributed by atoms with E-state index in [9.17, 15) is 0 Å². The van der Waals surface area contributed by atoms with Crippen molar-refractivity contribution in [3.8, 4) is 22.8 Å². The molecule has 0 unspecified atom stereocenters. The van der Waals surface area contributed by atoms with Crippen LogP contribution in [0, 0.1) is 12.3 Å². The maximum atomic E-state index is 7.13. The lowest BCUT2D eigenvalue weighted by Crippen LogP contribution is -2.32. The quantitative estimate of drug-likeness (QED) is 0.160. The number of hydrogen-bond donors (Lipinski definition) is 0. The Morgan fingerprint density at radius 2 is 1.63 bits per heavy atom. The molecule has 7 rings (SSSR count). The van der Waals surface area contributed by atoms with Crippen molar-refractivity contribution in [1.82, 2.24) is 0 Å². The van der Waals surface area contributed by atoms with Crippen molar-refractivity contribution in [1.29, 1.82) is 0 Å². The highest BCUT2D eigenvalue weighted by Crippen LogP contribution is 2.53. The fourth-order valence-electron chi connectivity index (χ4n) is 7.64. The van der Waals surface area contributed by atoms with E-state index in [-0.39, 0.29) is 5.41 Å². The van der Waals surface area contributed by atoms with Gasteiger partial charge in [-0.2, -0.15) is 0 Å². The maximum absolute atomic E-state index is 7.13. The van der Waals surface area contributed by atoms with E-state index < -0.39 is 0 Å². The van der Waals surface area contributed by atoms with Crippen molar-refractivity contribution in [3.63, 3.8) is 0 Å². The zero-order valence-electron chi connectivity index (χ0n) is 25.9. The molecule has 1 aromatic heterocycles. The summed E-state index contributed by atoms with van der Waals surface area (Å²) in [6.07, 6.45) is 9.94. The second kappa shape index (κ2) is 9.58. The van der Waals surface area contributed by atoms with E-state index in [1.807, 2.05) is 0 Å². The summed E-state index contributed by atoms with van der Waals surface area (Å²) >= 11 is 0. The van der Waals surface area contributed by atoms with E-state index in [2.05, 4.69) is 108 Å². The molecule has 0 amide bonds. The molecule has 1 aliphatic heterocycles. The average Bonchev–Trinajstić information content (AvgIpc) is 2.95. The summed E-state index contributed by atoms with van der Waals surface area (Å²) in [7, 11) is 2.20. The fourth-order valence-corrected chi connectivity index (χ4v) is 7.64. The number of nitrogens with zero attached hydrogens (tertiary/aromatic N) is 1. The lowest BCUT2D eigenvalue weighted by molar-refractivity contribution is -0.659. The van der Waals surface area contributed by atoms with Crippen LogP contribution >= 0.6 is 0 Å². The lowest BCUT2D eigenvalue weighted by Gasteiger charge is -2.29. The summed E-state index contributed by atoms with van der Waals surface area (Å²) in [6, 6.07) is 19.0. The van der Waals surface area contributed by atoms with Crippen LogP contribution in [0.5, 0.6) is 11.5 Å². The lowest BCUT2D eigenvalue weighted by atomic mass is 9.80. The molecule has 0 saturated heterocycles. The maximum Gasteiger partial charge on any atom is 0.228 e. The molecule has 0 spiro atoms. The third-order valence-corrected chi connectivity index (χ3v) is 9.77. The molecular weight excluding hydrogens is 498 g/mol. The van der Waals surface area contributed by atoms with Gasteiger partial charge in [0.05, 0.1) is 10.9 Å². The van der Waals surface area contributed by atoms with Crippen molar-refractivity contribution in [2.45, 2.75) is 91.9 Å². The Hall–Kier alpha value is -3.39. The van der Waals surface area contributed by atoms with E-state index in [1.165, 1.54) is 97.9 Å². The second-order valence-corrected chi connectivity index (χ2v) is 14.4. The van der Waals surface area contributed by atoms with E-state index in [4.69, 9.17) is 4.74 Å². The molecule has 1 fully saturated rings. The van der Waals surface area contributed by atoms with E-state index >= 15 is 0 Å². The van der Waals surface area contributed by atoms with Crippen LogP contribution in [-0.4, -0.2) is 0 Å². The molecule has 0 atom stereocenters. The van der Waals surface area contributed by atoms with Crippen molar-refractivity contribution in [2.24, 2.45) is 12.5 Å². The van der Waals surface area contributed by atoms with Gasteiger partial charge in [-0.3, -0.25) is 0 Å². The molecule has 2 nitrogen and oxygen atoms in total. The number of ether oxygens (including phenoxy) is 1. The minimum absolute atomic E-state index is 0.128. The highest BCUT2D eigenvalue weighted by atomic mass is 16.5. The number of fused-ring (bicyclic) bond motifs is 5. The largest absolute Gasteiger partial charge is 0.455 e. The summed E-state index contributed by atoms with van der Waals surface area (Å²) in [5.74, 6) is 3.23. The molecule has 4 aromatic carbocycles. The minimum atomic E-state index is 0.128. The van der Waals surface area contributed by atoms with E-state index in [0.29, 0.717) is 11.8 Å². The van der Waals surface area contributed by atoms with Gasteiger partial charge in [0.15, 0.2) is 6.20 Å². The van der Waals surface area contributed by atoms with Gasteiger partial charge in [0.2, 0.25) is 5.69 Å². The molecular formula is C39H44NO+. The van der Waals surface area contributed by atoms with Gasteiger partial charge in [-0.15, -0.1) is 0 Å². The number of rotatable bonds is 3. The number of hydrogen-bond acceptors (Lipinski definition) is 1. The van der Waals surface area contributed by atoms with Crippen molar-refractivity contribution < 1.29 is 9.30 Å². The number of pyridine rings is 1. The van der Waals surface area contributed by atoms with Crippen LogP contribution in [0.2, 0.25) is 0 Å². The molecule has 5 aromatic rings. The first-order valence-corrected chi connectivity index (χ1v) is 15.8. The molecule has 0 N–H and O–H groups in total. The Morgan fingerprint density at radius 3 is 2.37 bits per heavy atom. The Bertz CT molecular complexity index is 1850. The van der Waals surface area contributed by atoms with Gasteiger partial charge < -0.3 is 4.74 Å². The standard InChI is InChI=1S/C39H44NO/c1-23(2)26-13-16-30-32(20-26)24(3)35-37-36-31(17-18-40(37)7)29-15-14-27(25-11-9-8-10-12-25)19-28(29)21-34(36)41-38(35)33(30)22-39(4,5)6/h13-21,23,25H,8-12,22H2,1-7H3/q+1. The van der Waals surface area contributed by atoms with E-state index in [0.717, 1.165) is 17.9 Å². The zero-order chi connectivity index (χ0) is 28.6. The van der Waals surface area contributed by atoms with Gasteiger partial charge in [-0.05, 0) is 87.7 Å². The number of benzene rings is 4. The molecule has 0 radical (unpaired) electrons. The van der Waals surface area contributed by atoms with Crippen molar-refractivity contribution in [3.05, 3.63) is 77.0 Å². The topological polar surface area (TPSA) is 13.1 Å². The Morgan fingerprint density at radius 1 is 0.878 bits per heavy atom. The third kappa shape index (κ3) is 4.33. The molecule has 41 heavy (non-hydrogen) atoms. The van der Waals surface area contributed by atoms with Gasteiger partial charge in [-0.25, -0.2) is 4.57 Å². The molecule has 2 heteroatoms. The summed E-state index contributed by atoms with van der Waals surface area (Å²) < 4.78 is 9.45. The molecule has 2 aliphatic rings. The van der Waals surface area contributed by atoms with Crippen LogP contribution in [-0.2, 0) is 13.5 Å². The fraction of sp³-hybridized carbons (Fsp3) is 0.410. The van der Waals surface area contributed by atoms with Crippen LogP contribution in [0.3, 0.4) is 0 Å². The van der Waals surface area contributed by atoms with Crippen LogP contribution in [0.15, 0.2) is 54.7 Å². The first-order valence-electron chi connectivity index (χ1n) is 15.8. The van der Waals surface area contributed by atoms with Gasteiger partial charge in [0.1, 0.15) is 18.5 Å². The predicted octanol–water partition coefficient (Wildman–Crippen LogP) is 10.8. The van der Waals surface area contributed by atoms with Crippen LogP contribution in [0.25, 0.3) is 43.6 Å². The van der Waals surface area contributed by atoms with Crippen LogP contribution < -0.4 is 9.30 Å². The Labute approximate surface area is 245 Å². The molecule has 1 saturated carbocycles. The first-order chi connectivity index (χ1) is 19.6. The highest BCUT2D eigenvalue weighted by molar-refractivity contribution is 6.16. The SMILES string of the molecule is Cc1c2c(c(CC(C)(C)C)c3ccc(C(C)C)cc13)Oc1cc3cc(C4CCCCC4)ccc3c3cc[n+](C)c-2c13. The summed E-state index contributed by atoms with van der Waals surface area (Å²) in [4.78, 5) is 0. The van der Waals surface area contributed by atoms with E-state index in [1.54, 1.807) is 0 Å². The van der Waals surface area contributed by atoms with Crippen LogP contribution in [0.4, 0.5) is 0 Å². The smallest absolute Gasteiger partial charge is 0.228 e. The average molecular weight is 543 g/mol. The number of aromatic nitrogens is 1. The monoisotopic (exact) mass is 542 g/mol. The number of aryl methyl sites for hydroxylation is 2. The zero-order valence-corrected chi connectivity index (χ0v) is 25.9. The first kappa shape index (κ1) is 26.5. The molecule has 2 heterocycles. The summed E-state index contributed by atoms with van der Waals surface area (Å²) in [5.41, 5.74) is 8.21. The van der Waals surface area contributed by atoms with Gasteiger partial charge in [-0.1, -0.05) is 90.3 Å². The summed E-state index contributed by atoms with van der Waals surface area (Å²) in [5, 5.41) is 7.85. The molecule has 210 valence electrons. The Balaban J connectivity index is 1.54. The predicted molar refractivity (Wildman–Crippen MR) is 173 cm³/mol. The summed E-state index contributed by atoms with van der Waals surface area (Å²) in [6.45, 7) is 13.9. The van der Waals surface area contributed by atoms with Gasteiger partial charge >= 0.3 is 0 Å². The third-order valence-electron chi connectivity index (χ3n) is 9.77. The highest BCUT2D eigenvalue weighted by Gasteiger charge is 2.34.